The monoisotopic (exact) mass is 282 g/mol. The van der Waals surface area contributed by atoms with Crippen LogP contribution >= 0.6 is 0 Å². The van der Waals surface area contributed by atoms with Gasteiger partial charge in [0.15, 0.2) is 11.6 Å². The average molecular weight is 282 g/mol. The van der Waals surface area contributed by atoms with Crippen LogP contribution in [0.3, 0.4) is 0 Å². The van der Waals surface area contributed by atoms with E-state index in [1.807, 2.05) is 0 Å². The van der Waals surface area contributed by atoms with Crippen LogP contribution in [-0.2, 0) is 28.6 Å². The van der Waals surface area contributed by atoms with Crippen LogP contribution in [0.15, 0.2) is 11.6 Å². The van der Waals surface area contributed by atoms with Crippen LogP contribution in [0.1, 0.15) is 13.3 Å². The molecule has 0 radical (unpaired) electrons. The number of rotatable bonds is 4. The lowest BCUT2D eigenvalue weighted by molar-refractivity contribution is -0.242. The van der Waals surface area contributed by atoms with Crippen LogP contribution in [0, 0.1) is 17.8 Å². The number of hydrogen-bond acceptors (Lipinski definition) is 6. The van der Waals surface area contributed by atoms with Gasteiger partial charge in [0.05, 0.1) is 18.9 Å². The van der Waals surface area contributed by atoms with E-state index in [9.17, 15) is 14.4 Å². The number of esters is 1. The van der Waals surface area contributed by atoms with Crippen molar-refractivity contribution in [2.45, 2.75) is 19.1 Å². The van der Waals surface area contributed by atoms with Gasteiger partial charge in [-0.2, -0.15) is 0 Å². The SMILES string of the molecule is COC(=O)[C@H]1C[C@H]2C(C(C)=O)=C[C@@H]1C(=O)C2(OC)OC. The Morgan fingerprint density at radius 1 is 1.25 bits per heavy atom. The van der Waals surface area contributed by atoms with Crippen molar-refractivity contribution >= 4 is 17.5 Å². The third kappa shape index (κ3) is 1.83. The highest BCUT2D eigenvalue weighted by molar-refractivity contribution is 6.03. The molecule has 2 bridgehead atoms. The van der Waals surface area contributed by atoms with E-state index in [1.165, 1.54) is 28.3 Å². The van der Waals surface area contributed by atoms with Gasteiger partial charge in [-0.15, -0.1) is 0 Å². The molecule has 20 heavy (non-hydrogen) atoms. The number of allylic oxidation sites excluding steroid dienone is 1. The molecular formula is C14H18O6. The highest BCUT2D eigenvalue weighted by atomic mass is 16.7. The maximum absolute atomic E-state index is 12.6. The zero-order valence-electron chi connectivity index (χ0n) is 12.0. The molecule has 3 atom stereocenters. The average Bonchev–Trinajstić information content (AvgIpc) is 2.46. The van der Waals surface area contributed by atoms with Crippen molar-refractivity contribution < 1.29 is 28.6 Å². The van der Waals surface area contributed by atoms with E-state index in [4.69, 9.17) is 14.2 Å². The van der Waals surface area contributed by atoms with E-state index in [2.05, 4.69) is 0 Å². The first-order chi connectivity index (χ1) is 9.42. The van der Waals surface area contributed by atoms with E-state index in [-0.39, 0.29) is 11.6 Å². The molecular weight excluding hydrogens is 264 g/mol. The first-order valence-corrected chi connectivity index (χ1v) is 6.38. The molecule has 0 aromatic heterocycles. The Kier molecular flexibility index (Phi) is 3.80. The number of ether oxygens (including phenoxy) is 3. The molecule has 3 aliphatic carbocycles. The zero-order valence-corrected chi connectivity index (χ0v) is 12.0. The summed E-state index contributed by atoms with van der Waals surface area (Å²) in [7, 11) is 4.02. The second-order valence-electron chi connectivity index (χ2n) is 5.06. The smallest absolute Gasteiger partial charge is 0.309 e. The molecule has 0 saturated heterocycles. The Hall–Kier alpha value is -1.53. The van der Waals surface area contributed by atoms with Gasteiger partial charge in [-0.25, -0.2) is 0 Å². The quantitative estimate of drug-likeness (QED) is 0.552. The molecule has 6 nitrogen and oxygen atoms in total. The van der Waals surface area contributed by atoms with Crippen LogP contribution in [-0.4, -0.2) is 44.7 Å². The van der Waals surface area contributed by atoms with Gasteiger partial charge >= 0.3 is 5.97 Å². The molecule has 0 heterocycles. The Morgan fingerprint density at radius 3 is 2.30 bits per heavy atom. The molecule has 0 spiro atoms. The molecule has 0 amide bonds. The molecule has 110 valence electrons. The maximum atomic E-state index is 12.6. The first-order valence-electron chi connectivity index (χ1n) is 6.38. The predicted molar refractivity (Wildman–Crippen MR) is 67.6 cm³/mol. The van der Waals surface area contributed by atoms with Gasteiger partial charge in [-0.1, -0.05) is 6.08 Å². The number of Topliss-reactive ketones (excluding diaryl/α,β-unsaturated/α-hetero) is 2. The highest BCUT2D eigenvalue weighted by Gasteiger charge is 2.61. The van der Waals surface area contributed by atoms with Crippen molar-refractivity contribution in [3.63, 3.8) is 0 Å². The lowest BCUT2D eigenvalue weighted by atomic mass is 9.61. The first kappa shape index (κ1) is 14.9. The Bertz CT molecular complexity index is 488. The lowest BCUT2D eigenvalue weighted by Crippen LogP contribution is -2.62. The molecule has 0 aromatic rings. The second-order valence-corrected chi connectivity index (χ2v) is 5.06. The molecule has 6 heteroatoms. The molecule has 0 N–H and O–H groups in total. The summed E-state index contributed by atoms with van der Waals surface area (Å²) in [5.41, 5.74) is 0.485. The van der Waals surface area contributed by atoms with Gasteiger partial charge in [0.25, 0.3) is 0 Å². The van der Waals surface area contributed by atoms with E-state index in [1.54, 1.807) is 6.08 Å². The van der Waals surface area contributed by atoms with E-state index < -0.39 is 29.5 Å². The molecule has 1 fully saturated rings. The second kappa shape index (κ2) is 5.10. The third-order valence-electron chi connectivity index (χ3n) is 4.28. The van der Waals surface area contributed by atoms with Gasteiger partial charge < -0.3 is 14.2 Å². The number of carbonyl (C=O) groups excluding carboxylic acids is 3. The molecule has 0 aromatic carbocycles. The Balaban J connectivity index is 2.52. The topological polar surface area (TPSA) is 78.9 Å². The largest absolute Gasteiger partial charge is 0.469 e. The van der Waals surface area contributed by atoms with Crippen molar-refractivity contribution in [1.82, 2.24) is 0 Å². The summed E-state index contributed by atoms with van der Waals surface area (Å²) in [4.78, 5) is 36.1. The minimum atomic E-state index is -1.48. The van der Waals surface area contributed by atoms with Crippen molar-refractivity contribution in [1.29, 1.82) is 0 Å². The van der Waals surface area contributed by atoms with Crippen LogP contribution in [0.5, 0.6) is 0 Å². The van der Waals surface area contributed by atoms with Crippen LogP contribution in [0.4, 0.5) is 0 Å². The van der Waals surface area contributed by atoms with Gasteiger partial charge in [0, 0.05) is 25.7 Å². The molecule has 0 unspecified atom stereocenters. The fraction of sp³-hybridized carbons (Fsp3) is 0.643. The predicted octanol–water partition coefficient (Wildman–Crippen LogP) is 0.499. The highest BCUT2D eigenvalue weighted by Crippen LogP contribution is 2.50. The molecule has 3 rings (SSSR count). The standard InChI is InChI=1S/C14H18O6/c1-7(15)8-5-9-10(13(17)18-2)6-11(8)14(19-3,20-4)12(9)16/h5,9-11H,6H2,1-4H3/t9-,10-,11-/m0/s1. The minimum absolute atomic E-state index is 0.144. The Morgan fingerprint density at radius 2 is 1.85 bits per heavy atom. The zero-order chi connectivity index (χ0) is 15.1. The summed E-state index contributed by atoms with van der Waals surface area (Å²) >= 11 is 0. The molecule has 1 saturated carbocycles. The number of carbonyl (C=O) groups is 3. The summed E-state index contributed by atoms with van der Waals surface area (Å²) in [6.45, 7) is 1.43. The van der Waals surface area contributed by atoms with Crippen molar-refractivity contribution in [3.8, 4) is 0 Å². The third-order valence-corrected chi connectivity index (χ3v) is 4.28. The van der Waals surface area contributed by atoms with Crippen molar-refractivity contribution in [3.05, 3.63) is 11.6 Å². The fourth-order valence-corrected chi connectivity index (χ4v) is 3.30. The normalized spacial score (nSPS) is 30.9. The number of fused-ring (bicyclic) bond motifs is 2. The number of ketones is 2. The van der Waals surface area contributed by atoms with Gasteiger partial charge in [-0.05, 0) is 13.3 Å². The summed E-state index contributed by atoms with van der Waals surface area (Å²) in [5.74, 6) is -4.33. The van der Waals surface area contributed by atoms with Crippen LogP contribution in [0.2, 0.25) is 0 Å². The maximum Gasteiger partial charge on any atom is 0.309 e. The van der Waals surface area contributed by atoms with Gasteiger partial charge in [-0.3, -0.25) is 14.4 Å². The van der Waals surface area contributed by atoms with Crippen LogP contribution < -0.4 is 0 Å². The van der Waals surface area contributed by atoms with E-state index in [0.717, 1.165) is 0 Å². The minimum Gasteiger partial charge on any atom is -0.469 e. The Labute approximate surface area is 117 Å². The lowest BCUT2D eigenvalue weighted by Gasteiger charge is -2.49. The van der Waals surface area contributed by atoms with Crippen molar-refractivity contribution in [2.75, 3.05) is 21.3 Å². The molecule has 3 aliphatic rings. The van der Waals surface area contributed by atoms with E-state index >= 15 is 0 Å². The van der Waals surface area contributed by atoms with E-state index in [0.29, 0.717) is 12.0 Å². The number of methoxy groups -OCH3 is 3. The van der Waals surface area contributed by atoms with Gasteiger partial charge in [0.2, 0.25) is 5.79 Å². The summed E-state index contributed by atoms with van der Waals surface area (Å²) in [5, 5.41) is 0. The number of hydrogen-bond donors (Lipinski definition) is 0. The summed E-state index contributed by atoms with van der Waals surface area (Å²) in [6, 6.07) is 0. The summed E-state index contributed by atoms with van der Waals surface area (Å²) < 4.78 is 15.3. The van der Waals surface area contributed by atoms with Crippen molar-refractivity contribution in [2.24, 2.45) is 17.8 Å². The van der Waals surface area contributed by atoms with Crippen LogP contribution in [0.25, 0.3) is 0 Å². The molecule has 0 aliphatic heterocycles. The fourth-order valence-electron chi connectivity index (χ4n) is 3.30. The summed E-state index contributed by atoms with van der Waals surface area (Å²) in [6.07, 6.45) is 1.87. The van der Waals surface area contributed by atoms with Gasteiger partial charge in [0.1, 0.15) is 0 Å².